The van der Waals surface area contributed by atoms with Crippen LogP contribution in [0.4, 0.5) is 11.4 Å². The molecule has 1 aliphatic rings. The standard InChI is InChI=1S/C19H22N2O5S/c1-13-3-5-16(12-17(13)19(22)23)27(24,25)20-18-6-4-15(11-14(18)2)21-7-9-26-10-8-21/h3-6,11-12,20H,7-10H2,1-2H3,(H,22,23). The smallest absolute Gasteiger partial charge is 0.335 e. The zero-order chi connectivity index (χ0) is 19.6. The number of carboxylic acids is 1. The van der Waals surface area contributed by atoms with Crippen molar-refractivity contribution >= 4 is 27.4 Å². The number of hydrogen-bond acceptors (Lipinski definition) is 5. The van der Waals surface area contributed by atoms with Crippen LogP contribution >= 0.6 is 0 Å². The Labute approximate surface area is 158 Å². The molecule has 1 saturated heterocycles. The summed E-state index contributed by atoms with van der Waals surface area (Å²) in [5.74, 6) is -1.16. The molecule has 2 aromatic carbocycles. The predicted octanol–water partition coefficient (Wildman–Crippen LogP) is 2.64. The predicted molar refractivity (Wildman–Crippen MR) is 103 cm³/mol. The summed E-state index contributed by atoms with van der Waals surface area (Å²) < 4.78 is 33.3. The number of hydrogen-bond donors (Lipinski definition) is 2. The van der Waals surface area contributed by atoms with Gasteiger partial charge in [0.15, 0.2) is 0 Å². The van der Waals surface area contributed by atoms with E-state index in [-0.39, 0.29) is 10.5 Å². The average molecular weight is 390 g/mol. The number of carbonyl (C=O) groups is 1. The van der Waals surface area contributed by atoms with Crippen LogP contribution in [0, 0.1) is 13.8 Å². The fourth-order valence-corrected chi connectivity index (χ4v) is 4.14. The fraction of sp³-hybridized carbons (Fsp3) is 0.316. The van der Waals surface area contributed by atoms with Crippen molar-refractivity contribution in [1.29, 1.82) is 0 Å². The molecule has 0 unspecified atom stereocenters. The van der Waals surface area contributed by atoms with Crippen molar-refractivity contribution in [3.05, 3.63) is 53.1 Å². The van der Waals surface area contributed by atoms with Crippen LogP contribution in [0.5, 0.6) is 0 Å². The van der Waals surface area contributed by atoms with E-state index in [4.69, 9.17) is 4.74 Å². The molecule has 1 heterocycles. The summed E-state index contributed by atoms with van der Waals surface area (Å²) in [4.78, 5) is 13.4. The molecule has 0 saturated carbocycles. The van der Waals surface area contributed by atoms with E-state index in [1.54, 1.807) is 13.0 Å². The molecule has 3 rings (SSSR count). The van der Waals surface area contributed by atoms with Gasteiger partial charge in [-0.1, -0.05) is 6.07 Å². The normalized spacial score (nSPS) is 14.8. The van der Waals surface area contributed by atoms with Crippen LogP contribution in [0.3, 0.4) is 0 Å². The largest absolute Gasteiger partial charge is 0.478 e. The molecule has 2 aromatic rings. The first-order valence-corrected chi connectivity index (χ1v) is 10.1. The first-order chi connectivity index (χ1) is 12.8. The molecular weight excluding hydrogens is 368 g/mol. The Bertz CT molecular complexity index is 966. The second-order valence-electron chi connectivity index (χ2n) is 6.49. The van der Waals surface area contributed by atoms with Crippen LogP contribution in [0.1, 0.15) is 21.5 Å². The van der Waals surface area contributed by atoms with Gasteiger partial charge in [-0.2, -0.15) is 0 Å². The van der Waals surface area contributed by atoms with Gasteiger partial charge in [-0.05, 0) is 55.3 Å². The third kappa shape index (κ3) is 4.23. The number of carboxylic acid groups (broad SMARTS) is 1. The monoisotopic (exact) mass is 390 g/mol. The van der Waals surface area contributed by atoms with Crippen molar-refractivity contribution in [2.45, 2.75) is 18.7 Å². The number of rotatable bonds is 5. The quantitative estimate of drug-likeness (QED) is 0.815. The van der Waals surface area contributed by atoms with Crippen LogP contribution < -0.4 is 9.62 Å². The van der Waals surface area contributed by atoms with E-state index in [1.165, 1.54) is 18.2 Å². The molecule has 2 N–H and O–H groups in total. The van der Waals surface area contributed by atoms with Crippen LogP contribution in [0.15, 0.2) is 41.3 Å². The third-order valence-electron chi connectivity index (χ3n) is 4.58. The lowest BCUT2D eigenvalue weighted by atomic mass is 10.1. The summed E-state index contributed by atoms with van der Waals surface area (Å²) in [7, 11) is -3.89. The maximum absolute atomic E-state index is 12.7. The Morgan fingerprint density at radius 2 is 1.78 bits per heavy atom. The highest BCUT2D eigenvalue weighted by atomic mass is 32.2. The van der Waals surface area contributed by atoms with Gasteiger partial charge >= 0.3 is 5.97 Å². The third-order valence-corrected chi connectivity index (χ3v) is 5.94. The van der Waals surface area contributed by atoms with Crippen molar-refractivity contribution in [3.8, 4) is 0 Å². The number of aryl methyl sites for hydroxylation is 2. The Kier molecular flexibility index (Phi) is 5.38. The molecule has 0 atom stereocenters. The lowest BCUT2D eigenvalue weighted by molar-refractivity contribution is 0.0696. The number of benzene rings is 2. The minimum Gasteiger partial charge on any atom is -0.478 e. The van der Waals surface area contributed by atoms with Gasteiger partial charge in [0.2, 0.25) is 0 Å². The van der Waals surface area contributed by atoms with E-state index in [0.717, 1.165) is 24.3 Å². The Hall–Kier alpha value is -2.58. The van der Waals surface area contributed by atoms with Crippen LogP contribution in [0.2, 0.25) is 0 Å². The number of nitrogens with zero attached hydrogens (tertiary/aromatic N) is 1. The summed E-state index contributed by atoms with van der Waals surface area (Å²) >= 11 is 0. The summed E-state index contributed by atoms with van der Waals surface area (Å²) in [5.41, 5.74) is 2.74. The zero-order valence-electron chi connectivity index (χ0n) is 15.2. The number of sulfonamides is 1. The highest BCUT2D eigenvalue weighted by Gasteiger charge is 2.19. The molecule has 0 spiro atoms. The molecule has 8 heteroatoms. The highest BCUT2D eigenvalue weighted by molar-refractivity contribution is 7.92. The molecule has 144 valence electrons. The molecule has 0 radical (unpaired) electrons. The van der Waals surface area contributed by atoms with Gasteiger partial charge in [-0.3, -0.25) is 4.72 Å². The number of aromatic carboxylic acids is 1. The van der Waals surface area contributed by atoms with Gasteiger partial charge in [-0.25, -0.2) is 13.2 Å². The van der Waals surface area contributed by atoms with Crippen molar-refractivity contribution in [2.75, 3.05) is 35.9 Å². The van der Waals surface area contributed by atoms with E-state index in [2.05, 4.69) is 9.62 Å². The van der Waals surface area contributed by atoms with E-state index >= 15 is 0 Å². The maximum Gasteiger partial charge on any atom is 0.335 e. The van der Waals surface area contributed by atoms with E-state index in [0.29, 0.717) is 24.5 Å². The van der Waals surface area contributed by atoms with Crippen molar-refractivity contribution in [3.63, 3.8) is 0 Å². The molecule has 0 amide bonds. The maximum atomic E-state index is 12.7. The number of morpholine rings is 1. The Morgan fingerprint density at radius 1 is 1.07 bits per heavy atom. The molecule has 7 nitrogen and oxygen atoms in total. The second-order valence-corrected chi connectivity index (χ2v) is 8.17. The van der Waals surface area contributed by atoms with Crippen LogP contribution in [0.25, 0.3) is 0 Å². The SMILES string of the molecule is Cc1cc(N2CCOCC2)ccc1NS(=O)(=O)c1ccc(C)c(C(=O)O)c1. The lowest BCUT2D eigenvalue weighted by Gasteiger charge is -2.29. The molecule has 0 aliphatic carbocycles. The number of anilines is 2. The summed E-state index contributed by atoms with van der Waals surface area (Å²) in [6.45, 7) is 6.40. The van der Waals surface area contributed by atoms with E-state index in [1.807, 2.05) is 19.1 Å². The number of nitrogens with one attached hydrogen (secondary N) is 1. The zero-order valence-corrected chi connectivity index (χ0v) is 16.0. The fourth-order valence-electron chi connectivity index (χ4n) is 2.98. The average Bonchev–Trinajstić information content (AvgIpc) is 2.64. The van der Waals surface area contributed by atoms with Gasteiger partial charge in [0.1, 0.15) is 0 Å². The van der Waals surface area contributed by atoms with Gasteiger partial charge in [0.25, 0.3) is 10.0 Å². The molecule has 1 fully saturated rings. The highest BCUT2D eigenvalue weighted by Crippen LogP contribution is 2.26. The van der Waals surface area contributed by atoms with Gasteiger partial charge in [0, 0.05) is 18.8 Å². The molecule has 1 aliphatic heterocycles. The Morgan fingerprint density at radius 3 is 2.41 bits per heavy atom. The van der Waals surface area contributed by atoms with Crippen LogP contribution in [-0.4, -0.2) is 45.8 Å². The second kappa shape index (κ2) is 7.58. The van der Waals surface area contributed by atoms with Gasteiger partial charge < -0.3 is 14.7 Å². The molecular formula is C19H22N2O5S. The minimum atomic E-state index is -3.89. The summed E-state index contributed by atoms with van der Waals surface area (Å²) in [5, 5.41) is 9.22. The Balaban J connectivity index is 1.85. The molecule has 27 heavy (non-hydrogen) atoms. The van der Waals surface area contributed by atoms with Gasteiger partial charge in [-0.15, -0.1) is 0 Å². The van der Waals surface area contributed by atoms with Gasteiger partial charge in [0.05, 0.1) is 29.4 Å². The molecule has 0 bridgehead atoms. The van der Waals surface area contributed by atoms with E-state index in [9.17, 15) is 18.3 Å². The van der Waals surface area contributed by atoms with Crippen LogP contribution in [-0.2, 0) is 14.8 Å². The minimum absolute atomic E-state index is 0.0303. The molecule has 0 aromatic heterocycles. The van der Waals surface area contributed by atoms with Crippen molar-refractivity contribution in [2.24, 2.45) is 0 Å². The summed E-state index contributed by atoms with van der Waals surface area (Å²) in [6, 6.07) is 9.60. The summed E-state index contributed by atoms with van der Waals surface area (Å²) in [6.07, 6.45) is 0. The van der Waals surface area contributed by atoms with Crippen molar-refractivity contribution < 1.29 is 23.1 Å². The first kappa shape index (κ1) is 19.2. The number of ether oxygens (including phenoxy) is 1. The lowest BCUT2D eigenvalue weighted by Crippen LogP contribution is -2.36. The van der Waals surface area contributed by atoms with Crippen molar-refractivity contribution in [1.82, 2.24) is 0 Å². The first-order valence-electron chi connectivity index (χ1n) is 8.58. The van der Waals surface area contributed by atoms with E-state index < -0.39 is 16.0 Å². The topological polar surface area (TPSA) is 95.9 Å².